The molecule has 21 heavy (non-hydrogen) atoms. The largest absolute Gasteiger partial charge is 0.497 e. The Morgan fingerprint density at radius 3 is 2.86 bits per heavy atom. The van der Waals surface area contributed by atoms with Gasteiger partial charge in [-0.15, -0.1) is 0 Å². The van der Waals surface area contributed by atoms with Crippen molar-refractivity contribution in [3.05, 3.63) is 23.8 Å². The fourth-order valence-corrected chi connectivity index (χ4v) is 2.92. The van der Waals surface area contributed by atoms with Gasteiger partial charge >= 0.3 is 0 Å². The Balaban J connectivity index is 2.26. The lowest BCUT2D eigenvalue weighted by molar-refractivity contribution is 0.370. The lowest BCUT2D eigenvalue weighted by Crippen LogP contribution is -2.41. The fraction of sp³-hybridized carbons (Fsp3) is 0.588. The van der Waals surface area contributed by atoms with Gasteiger partial charge in [-0.25, -0.2) is 0 Å². The summed E-state index contributed by atoms with van der Waals surface area (Å²) in [6.45, 7) is 7.52. The number of piperidine rings is 1. The minimum absolute atomic E-state index is 0.353. The number of nitrogens with zero attached hydrogens (tertiary/aromatic N) is 2. The van der Waals surface area contributed by atoms with Crippen LogP contribution in [0.5, 0.6) is 5.75 Å². The van der Waals surface area contributed by atoms with Gasteiger partial charge in [0, 0.05) is 18.7 Å². The van der Waals surface area contributed by atoms with Crippen LogP contribution in [0.1, 0.15) is 32.3 Å². The third-order valence-electron chi connectivity index (χ3n) is 4.11. The summed E-state index contributed by atoms with van der Waals surface area (Å²) < 4.78 is 5.33. The van der Waals surface area contributed by atoms with Crippen LogP contribution in [0.2, 0.25) is 0 Å². The van der Waals surface area contributed by atoms with E-state index in [1.54, 1.807) is 7.11 Å². The number of hydrogen-bond acceptors (Lipinski definition) is 4. The minimum Gasteiger partial charge on any atom is -0.497 e. The number of rotatable bonds is 5. The van der Waals surface area contributed by atoms with E-state index in [-0.39, 0.29) is 0 Å². The molecule has 0 aromatic heterocycles. The molecule has 1 N–H and O–H groups in total. The van der Waals surface area contributed by atoms with Gasteiger partial charge < -0.3 is 15.0 Å². The molecule has 0 bridgehead atoms. The van der Waals surface area contributed by atoms with Crippen molar-refractivity contribution in [1.29, 1.82) is 5.26 Å². The van der Waals surface area contributed by atoms with Gasteiger partial charge in [-0.2, -0.15) is 5.26 Å². The predicted octanol–water partition coefficient (Wildman–Crippen LogP) is 2.78. The Bertz CT molecular complexity index is 501. The van der Waals surface area contributed by atoms with Crippen LogP contribution in [-0.2, 0) is 0 Å². The van der Waals surface area contributed by atoms with E-state index in [1.807, 2.05) is 18.2 Å². The van der Waals surface area contributed by atoms with Crippen LogP contribution < -0.4 is 15.0 Å². The molecule has 1 aromatic carbocycles. The molecule has 1 saturated heterocycles. The molecule has 1 atom stereocenters. The first-order valence-corrected chi connectivity index (χ1v) is 7.71. The first-order chi connectivity index (χ1) is 10.2. The van der Waals surface area contributed by atoms with Gasteiger partial charge in [0.05, 0.1) is 18.4 Å². The summed E-state index contributed by atoms with van der Waals surface area (Å²) >= 11 is 0. The van der Waals surface area contributed by atoms with E-state index in [0.717, 1.165) is 31.1 Å². The highest BCUT2D eigenvalue weighted by molar-refractivity contribution is 5.62. The van der Waals surface area contributed by atoms with Crippen molar-refractivity contribution in [2.45, 2.75) is 32.7 Å². The molecule has 0 aliphatic carbocycles. The van der Waals surface area contributed by atoms with Crippen LogP contribution in [0.3, 0.4) is 0 Å². The predicted molar refractivity (Wildman–Crippen MR) is 85.8 cm³/mol. The second-order valence-electron chi connectivity index (χ2n) is 5.95. The van der Waals surface area contributed by atoms with Crippen LogP contribution in [0, 0.1) is 17.2 Å². The van der Waals surface area contributed by atoms with Crippen LogP contribution >= 0.6 is 0 Å². The molecular weight excluding hydrogens is 262 g/mol. The zero-order valence-corrected chi connectivity index (χ0v) is 13.2. The third-order valence-corrected chi connectivity index (χ3v) is 4.11. The summed E-state index contributed by atoms with van der Waals surface area (Å²) in [5, 5.41) is 12.9. The highest BCUT2D eigenvalue weighted by Gasteiger charge is 2.21. The van der Waals surface area contributed by atoms with Gasteiger partial charge in [0.15, 0.2) is 0 Å². The SMILES string of the molecule is COc1ccc(C#N)c(N(CC2CCCNC2)C(C)C)c1. The van der Waals surface area contributed by atoms with Gasteiger partial charge in [-0.05, 0) is 57.8 Å². The molecule has 1 aromatic rings. The van der Waals surface area contributed by atoms with Gasteiger partial charge in [0.25, 0.3) is 0 Å². The molecule has 4 nitrogen and oxygen atoms in total. The third kappa shape index (κ3) is 3.89. The Hall–Kier alpha value is -1.73. The smallest absolute Gasteiger partial charge is 0.121 e. The van der Waals surface area contributed by atoms with Crippen LogP contribution in [0.15, 0.2) is 18.2 Å². The Labute approximate surface area is 127 Å². The summed E-state index contributed by atoms with van der Waals surface area (Å²) in [5.74, 6) is 1.44. The fourth-order valence-electron chi connectivity index (χ4n) is 2.92. The number of methoxy groups -OCH3 is 1. The second kappa shape index (κ2) is 7.33. The normalized spacial score (nSPS) is 18.3. The molecule has 0 spiro atoms. The molecular formula is C17H25N3O. The second-order valence-corrected chi connectivity index (χ2v) is 5.95. The number of hydrogen-bond donors (Lipinski definition) is 1. The van der Waals surface area contributed by atoms with Gasteiger partial charge in [0.2, 0.25) is 0 Å². The van der Waals surface area contributed by atoms with Gasteiger partial charge in [-0.3, -0.25) is 0 Å². The standard InChI is InChI=1S/C17H25N3O/c1-13(2)20(12-14-5-4-8-19-11-14)17-9-16(21-3)7-6-15(17)10-18/h6-7,9,13-14,19H,4-5,8,11-12H2,1-3H3. The Morgan fingerprint density at radius 1 is 1.48 bits per heavy atom. The highest BCUT2D eigenvalue weighted by atomic mass is 16.5. The van der Waals surface area contributed by atoms with Crippen molar-refractivity contribution in [3.63, 3.8) is 0 Å². The van der Waals surface area contributed by atoms with E-state index in [9.17, 15) is 5.26 Å². The van der Waals surface area contributed by atoms with Crippen molar-refractivity contribution < 1.29 is 4.74 Å². The molecule has 1 aliphatic heterocycles. The van der Waals surface area contributed by atoms with Gasteiger partial charge in [0.1, 0.15) is 11.8 Å². The monoisotopic (exact) mass is 287 g/mol. The van der Waals surface area contributed by atoms with Crippen LogP contribution in [0.25, 0.3) is 0 Å². The first kappa shape index (κ1) is 15.7. The van der Waals surface area contributed by atoms with E-state index in [1.165, 1.54) is 12.8 Å². The van der Waals surface area contributed by atoms with E-state index < -0.39 is 0 Å². The Kier molecular flexibility index (Phi) is 5.46. The molecule has 1 aliphatic rings. The maximum Gasteiger partial charge on any atom is 0.121 e. The topological polar surface area (TPSA) is 48.3 Å². The summed E-state index contributed by atoms with van der Waals surface area (Å²) in [4.78, 5) is 2.33. The minimum atomic E-state index is 0.353. The zero-order valence-electron chi connectivity index (χ0n) is 13.2. The molecule has 114 valence electrons. The highest BCUT2D eigenvalue weighted by Crippen LogP contribution is 2.29. The molecule has 1 unspecified atom stereocenters. The van der Waals surface area contributed by atoms with E-state index >= 15 is 0 Å². The molecule has 1 fully saturated rings. The van der Waals surface area contributed by atoms with Crippen molar-refractivity contribution in [2.24, 2.45) is 5.92 Å². The number of ether oxygens (including phenoxy) is 1. The number of anilines is 1. The summed E-state index contributed by atoms with van der Waals surface area (Å²) in [7, 11) is 1.66. The quantitative estimate of drug-likeness (QED) is 0.904. The average Bonchev–Trinajstić information content (AvgIpc) is 2.52. The molecule has 0 saturated carbocycles. The number of benzene rings is 1. The van der Waals surface area contributed by atoms with Crippen LogP contribution in [-0.4, -0.2) is 32.8 Å². The molecule has 0 radical (unpaired) electrons. The average molecular weight is 287 g/mol. The van der Waals surface area contributed by atoms with Crippen molar-refractivity contribution >= 4 is 5.69 Å². The molecule has 2 rings (SSSR count). The summed E-state index contributed by atoms with van der Waals surface area (Å²) in [5.41, 5.74) is 1.70. The Morgan fingerprint density at radius 2 is 2.29 bits per heavy atom. The van der Waals surface area contributed by atoms with Crippen molar-refractivity contribution in [2.75, 3.05) is 31.6 Å². The van der Waals surface area contributed by atoms with E-state index in [4.69, 9.17) is 4.74 Å². The molecule has 0 amide bonds. The maximum atomic E-state index is 9.39. The molecule has 1 heterocycles. The van der Waals surface area contributed by atoms with Crippen molar-refractivity contribution in [3.8, 4) is 11.8 Å². The number of nitrogens with one attached hydrogen (secondary N) is 1. The van der Waals surface area contributed by atoms with E-state index in [2.05, 4.69) is 30.1 Å². The first-order valence-electron chi connectivity index (χ1n) is 7.71. The zero-order chi connectivity index (χ0) is 15.2. The summed E-state index contributed by atoms with van der Waals surface area (Å²) in [6, 6.07) is 8.34. The number of nitriles is 1. The van der Waals surface area contributed by atoms with E-state index in [0.29, 0.717) is 17.5 Å². The van der Waals surface area contributed by atoms with Crippen molar-refractivity contribution in [1.82, 2.24) is 5.32 Å². The lowest BCUT2D eigenvalue weighted by atomic mass is 9.97. The maximum absolute atomic E-state index is 9.39. The van der Waals surface area contributed by atoms with Gasteiger partial charge in [-0.1, -0.05) is 0 Å². The van der Waals surface area contributed by atoms with Crippen LogP contribution in [0.4, 0.5) is 5.69 Å². The molecule has 4 heteroatoms. The summed E-state index contributed by atoms with van der Waals surface area (Å²) in [6.07, 6.45) is 2.49. The lowest BCUT2D eigenvalue weighted by Gasteiger charge is -2.35.